The molecule has 1 spiro atoms. The van der Waals surface area contributed by atoms with Gasteiger partial charge in [-0.3, -0.25) is 4.57 Å². The maximum absolute atomic E-state index is 12.3. The second-order valence-corrected chi connectivity index (χ2v) is 14.5. The summed E-state index contributed by atoms with van der Waals surface area (Å²) in [6, 6.07) is 6.46. The number of benzene rings is 1. The molecule has 4 atom stereocenters. The van der Waals surface area contributed by atoms with Gasteiger partial charge in [-0.15, -0.1) is 0 Å². The Balaban J connectivity index is 1.85. The van der Waals surface area contributed by atoms with Crippen LogP contribution in [-0.4, -0.2) is 90.4 Å². The van der Waals surface area contributed by atoms with Gasteiger partial charge in [0, 0.05) is 11.8 Å². The highest BCUT2D eigenvalue weighted by atomic mass is 32.2. The number of phosphoric ester groups is 1. The number of rotatable bonds is 12. The Morgan fingerprint density at radius 1 is 1.18 bits per heavy atom. The van der Waals surface area contributed by atoms with Crippen molar-refractivity contribution in [2.24, 2.45) is 0 Å². The first kappa shape index (κ1) is 31.2. The van der Waals surface area contributed by atoms with Crippen molar-refractivity contribution in [3.63, 3.8) is 0 Å². The highest BCUT2D eigenvalue weighted by Crippen LogP contribution is 2.53. The summed E-state index contributed by atoms with van der Waals surface area (Å²) >= 11 is 0. The zero-order valence-electron chi connectivity index (χ0n) is 23.4. The minimum Gasteiger partial charge on any atom is -0.756 e. The van der Waals surface area contributed by atoms with E-state index in [9.17, 15) is 17.9 Å². The van der Waals surface area contributed by atoms with Gasteiger partial charge in [0.05, 0.1) is 45.4 Å². The van der Waals surface area contributed by atoms with Gasteiger partial charge in [0.1, 0.15) is 24.9 Å². The van der Waals surface area contributed by atoms with E-state index in [0.29, 0.717) is 34.3 Å². The Kier molecular flexibility index (Phi) is 9.25. The second-order valence-electron chi connectivity index (χ2n) is 11.1. The van der Waals surface area contributed by atoms with Crippen LogP contribution in [0.5, 0.6) is 0 Å². The van der Waals surface area contributed by atoms with Crippen molar-refractivity contribution in [2.75, 3.05) is 53.8 Å². The Morgan fingerprint density at radius 3 is 2.34 bits per heavy atom. The number of nitrogens with zero attached hydrogens (tertiary/aromatic N) is 1. The van der Waals surface area contributed by atoms with Crippen LogP contribution in [-0.2, 0) is 42.4 Å². The largest absolute Gasteiger partial charge is 0.756 e. The molecule has 11 nitrogen and oxygen atoms in total. The van der Waals surface area contributed by atoms with Crippen molar-refractivity contribution in [3.8, 4) is 0 Å². The third-order valence-corrected chi connectivity index (χ3v) is 8.30. The fraction of sp³-hybridized carbons (Fsp3) is 0.680. The van der Waals surface area contributed by atoms with E-state index >= 15 is 0 Å². The van der Waals surface area contributed by atoms with Gasteiger partial charge in [0.25, 0.3) is 7.82 Å². The van der Waals surface area contributed by atoms with E-state index in [1.807, 2.05) is 48.8 Å². The fourth-order valence-corrected chi connectivity index (χ4v) is 5.45. The van der Waals surface area contributed by atoms with Crippen LogP contribution in [0.3, 0.4) is 0 Å². The Hall–Kier alpha value is -1.34. The lowest BCUT2D eigenvalue weighted by Crippen LogP contribution is -2.40. The molecule has 0 aliphatic carbocycles. The number of sulfone groups is 1. The fourth-order valence-electron chi connectivity index (χ4n) is 4.09. The Morgan fingerprint density at radius 2 is 1.82 bits per heavy atom. The van der Waals surface area contributed by atoms with E-state index in [1.165, 1.54) is 12.1 Å². The van der Waals surface area contributed by atoms with Gasteiger partial charge < -0.3 is 37.4 Å². The molecule has 1 saturated heterocycles. The van der Waals surface area contributed by atoms with E-state index in [0.717, 1.165) is 6.26 Å². The highest BCUT2D eigenvalue weighted by Gasteiger charge is 2.61. The first-order valence-electron chi connectivity index (χ1n) is 12.5. The van der Waals surface area contributed by atoms with Crippen LogP contribution >= 0.6 is 7.82 Å². The molecule has 1 aromatic carbocycles. The van der Waals surface area contributed by atoms with Gasteiger partial charge in [-0.25, -0.2) is 8.42 Å². The molecule has 2 aliphatic rings. The van der Waals surface area contributed by atoms with E-state index in [2.05, 4.69) is 0 Å². The number of likely N-dealkylation sites (N-methyl/N-ethyl adjacent to an activating group) is 1. The Bertz CT molecular complexity index is 1180. The predicted molar refractivity (Wildman–Crippen MR) is 138 cm³/mol. The third kappa shape index (κ3) is 7.44. The summed E-state index contributed by atoms with van der Waals surface area (Å²) in [5.41, 5.74) is 0.443. The van der Waals surface area contributed by atoms with Gasteiger partial charge >= 0.3 is 5.97 Å². The number of ether oxygens (including phenoxy) is 4. The molecule has 3 rings (SSSR count). The van der Waals surface area contributed by atoms with Crippen LogP contribution < -0.4 is 4.89 Å². The molecule has 38 heavy (non-hydrogen) atoms. The molecule has 2 heterocycles. The molecule has 3 unspecified atom stereocenters. The molecule has 216 valence electrons. The third-order valence-electron chi connectivity index (χ3n) is 6.20. The van der Waals surface area contributed by atoms with Crippen molar-refractivity contribution >= 4 is 23.2 Å². The molecule has 0 saturated carbocycles. The Labute approximate surface area is 225 Å². The smallest absolute Gasteiger partial charge is 0.347 e. The molecule has 0 radical (unpaired) electrons. The van der Waals surface area contributed by atoms with Crippen molar-refractivity contribution in [3.05, 3.63) is 35.6 Å². The van der Waals surface area contributed by atoms with Gasteiger partial charge in [-0.2, -0.15) is 0 Å². The summed E-state index contributed by atoms with van der Waals surface area (Å²) in [5, 5.41) is 0. The van der Waals surface area contributed by atoms with E-state index in [4.69, 9.17) is 28.0 Å². The summed E-state index contributed by atoms with van der Waals surface area (Å²) in [6.45, 7) is 7.65. The molecule has 1 aromatic rings. The lowest BCUT2D eigenvalue weighted by Gasteiger charge is -2.31. The predicted octanol–water partition coefficient (Wildman–Crippen LogP) is 2.70. The zero-order valence-corrected chi connectivity index (χ0v) is 25.1. The number of quaternary nitrogens is 1. The molecule has 0 amide bonds. The molecular weight excluding hydrogens is 537 g/mol. The van der Waals surface area contributed by atoms with Crippen molar-refractivity contribution in [1.29, 1.82) is 0 Å². The minimum absolute atomic E-state index is 0.00913. The first-order chi connectivity index (χ1) is 17.4. The SMILES string of the molecule is CC[C@]1(C)OC2(OCC(COP(=O)([O-])OCC[N+](C)(C)C)O2)C(OC(C)C)=C1c1ccc(S(C)(=O)=O)cc1. The molecule has 2 aliphatic heterocycles. The van der Waals surface area contributed by atoms with Crippen LogP contribution in [0.15, 0.2) is 34.9 Å². The average Bonchev–Trinajstić information content (AvgIpc) is 3.29. The molecule has 0 bridgehead atoms. The molecular formula is C25H40NO10PS. The number of phosphoric acid groups is 1. The minimum atomic E-state index is -4.55. The molecule has 0 aromatic heterocycles. The van der Waals surface area contributed by atoms with Crippen LogP contribution in [0.4, 0.5) is 0 Å². The van der Waals surface area contributed by atoms with Crippen molar-refractivity contribution in [1.82, 2.24) is 0 Å². The topological polar surface area (TPSA) is 130 Å². The number of hydrogen-bond donors (Lipinski definition) is 0. The molecule has 0 N–H and O–H groups in total. The first-order valence-corrected chi connectivity index (χ1v) is 15.9. The van der Waals surface area contributed by atoms with Gasteiger partial charge in [0.2, 0.25) is 0 Å². The summed E-state index contributed by atoms with van der Waals surface area (Å²) < 4.78 is 71.5. The lowest BCUT2D eigenvalue weighted by atomic mass is 9.88. The maximum Gasteiger partial charge on any atom is 0.347 e. The summed E-state index contributed by atoms with van der Waals surface area (Å²) in [5.74, 6) is -1.42. The van der Waals surface area contributed by atoms with Gasteiger partial charge in [-0.1, -0.05) is 19.1 Å². The van der Waals surface area contributed by atoms with Crippen molar-refractivity contribution in [2.45, 2.75) is 62.8 Å². The summed E-state index contributed by atoms with van der Waals surface area (Å²) in [4.78, 5) is 12.4. The standard InChI is InChI=1S/C25H40NO10PS/c1-9-24(4)22(19-10-12-21(13-11-19)38(8,29)30)23(34-18(2)3)25(36-24)31-16-20(35-25)17-33-37(27,28)32-15-14-26(5,6)7/h10-13,18,20H,9,14-17H2,1-8H3/t20?,24-,25?/m0/s1. The van der Waals surface area contributed by atoms with Crippen LogP contribution in [0.1, 0.15) is 39.7 Å². The quantitative estimate of drug-likeness (QED) is 0.270. The normalized spacial score (nSPS) is 27.9. The number of hydrogen-bond acceptors (Lipinski definition) is 10. The summed E-state index contributed by atoms with van der Waals surface area (Å²) in [6.07, 6.45) is 0.621. The van der Waals surface area contributed by atoms with Crippen LogP contribution in [0.25, 0.3) is 5.57 Å². The van der Waals surface area contributed by atoms with Crippen LogP contribution in [0.2, 0.25) is 0 Å². The van der Waals surface area contributed by atoms with Gasteiger partial charge in [-0.05, 0) is 44.9 Å². The van der Waals surface area contributed by atoms with Crippen molar-refractivity contribution < 1.29 is 50.4 Å². The van der Waals surface area contributed by atoms with Gasteiger partial charge in [0.15, 0.2) is 15.6 Å². The monoisotopic (exact) mass is 577 g/mol. The highest BCUT2D eigenvalue weighted by molar-refractivity contribution is 7.90. The maximum atomic E-state index is 12.3. The summed E-state index contributed by atoms with van der Waals surface area (Å²) in [7, 11) is -2.15. The second kappa shape index (κ2) is 11.3. The molecule has 1 fully saturated rings. The van der Waals surface area contributed by atoms with E-state index in [-0.39, 0.29) is 30.8 Å². The van der Waals surface area contributed by atoms with E-state index < -0.39 is 35.3 Å². The van der Waals surface area contributed by atoms with Crippen LogP contribution in [0, 0.1) is 0 Å². The molecule has 13 heteroatoms. The zero-order chi connectivity index (χ0) is 28.6. The van der Waals surface area contributed by atoms with E-state index in [1.54, 1.807) is 12.1 Å². The lowest BCUT2D eigenvalue weighted by molar-refractivity contribution is -0.870. The average molecular weight is 578 g/mol.